The van der Waals surface area contributed by atoms with Gasteiger partial charge in [-0.15, -0.1) is 0 Å². The van der Waals surface area contributed by atoms with Crippen LogP contribution in [-0.4, -0.2) is 10.9 Å². The summed E-state index contributed by atoms with van der Waals surface area (Å²) in [5.74, 6) is 4.17. The Hall–Kier alpha value is -2.98. The number of hydrogen-bond acceptors (Lipinski definition) is 5. The number of rotatable bonds is 3. The van der Waals surface area contributed by atoms with E-state index < -0.39 is 11.7 Å². The summed E-state index contributed by atoms with van der Waals surface area (Å²) in [4.78, 5) is 15.9. The van der Waals surface area contributed by atoms with Crippen LogP contribution in [-0.2, 0) is 0 Å². The molecular formula is C13H10FN5O. The summed E-state index contributed by atoms with van der Waals surface area (Å²) in [6, 6.07) is 8.36. The van der Waals surface area contributed by atoms with Crippen LogP contribution in [0.3, 0.4) is 0 Å². The fraction of sp³-hybridized carbons (Fsp3) is 0. The van der Waals surface area contributed by atoms with Crippen LogP contribution in [0.5, 0.6) is 0 Å². The molecule has 0 saturated heterocycles. The number of hydrogen-bond donors (Lipinski definition) is 3. The van der Waals surface area contributed by atoms with Crippen LogP contribution in [0.15, 0.2) is 36.5 Å². The normalized spacial score (nSPS) is 9.65. The van der Waals surface area contributed by atoms with Gasteiger partial charge in [0.1, 0.15) is 17.6 Å². The van der Waals surface area contributed by atoms with Crippen LogP contribution in [0.2, 0.25) is 0 Å². The molecule has 2 rings (SSSR count). The Kier molecular flexibility index (Phi) is 3.88. The van der Waals surface area contributed by atoms with E-state index in [0.717, 1.165) is 12.1 Å². The average Bonchev–Trinajstić information content (AvgIpc) is 2.49. The minimum Gasteiger partial charge on any atom is -0.324 e. The Morgan fingerprint density at radius 1 is 1.35 bits per heavy atom. The van der Waals surface area contributed by atoms with Crippen LogP contribution in [0.1, 0.15) is 16.1 Å². The Morgan fingerprint density at radius 3 is 2.85 bits per heavy atom. The third-order valence-corrected chi connectivity index (χ3v) is 2.51. The average molecular weight is 271 g/mol. The first-order chi connectivity index (χ1) is 9.63. The largest absolute Gasteiger partial charge is 0.324 e. The minimum atomic E-state index is -0.549. The number of halogens is 1. The fourth-order valence-corrected chi connectivity index (χ4v) is 1.55. The number of nitrogen functional groups attached to an aromatic ring is 1. The van der Waals surface area contributed by atoms with Gasteiger partial charge in [0.15, 0.2) is 0 Å². The first-order valence-electron chi connectivity index (χ1n) is 5.57. The molecule has 0 fully saturated rings. The van der Waals surface area contributed by atoms with Crippen molar-refractivity contribution < 1.29 is 9.18 Å². The molecule has 1 heterocycles. The summed E-state index contributed by atoms with van der Waals surface area (Å²) in [7, 11) is 0. The molecule has 0 unspecified atom stereocenters. The third kappa shape index (κ3) is 2.88. The number of pyridine rings is 1. The molecule has 1 amide bonds. The molecule has 1 aromatic heterocycles. The summed E-state index contributed by atoms with van der Waals surface area (Å²) < 4.78 is 13.0. The number of nitrogens with two attached hydrogens (primary N) is 1. The molecule has 0 spiro atoms. The molecule has 7 heteroatoms. The molecule has 0 bridgehead atoms. The van der Waals surface area contributed by atoms with Crippen molar-refractivity contribution in [3.05, 3.63) is 53.6 Å². The number of anilines is 2. The van der Waals surface area contributed by atoms with Crippen molar-refractivity contribution in [2.75, 3.05) is 10.7 Å². The minimum absolute atomic E-state index is 0.0338. The molecule has 0 saturated carbocycles. The quantitative estimate of drug-likeness (QED) is 0.581. The Bertz CT molecular complexity index is 695. The molecule has 0 aliphatic rings. The van der Waals surface area contributed by atoms with Gasteiger partial charge < -0.3 is 10.7 Å². The van der Waals surface area contributed by atoms with Crippen LogP contribution in [0.25, 0.3) is 0 Å². The van der Waals surface area contributed by atoms with E-state index >= 15 is 0 Å². The molecule has 0 aliphatic carbocycles. The Balaban J connectivity index is 2.26. The predicted octanol–water partition coefficient (Wildman–Crippen LogP) is 1.63. The predicted molar refractivity (Wildman–Crippen MR) is 71.1 cm³/mol. The van der Waals surface area contributed by atoms with E-state index in [9.17, 15) is 9.18 Å². The fourth-order valence-electron chi connectivity index (χ4n) is 1.55. The molecule has 0 radical (unpaired) electrons. The second-order valence-corrected chi connectivity index (χ2v) is 3.83. The molecule has 1 aromatic carbocycles. The van der Waals surface area contributed by atoms with Gasteiger partial charge in [0.05, 0.1) is 16.9 Å². The van der Waals surface area contributed by atoms with Gasteiger partial charge in [0, 0.05) is 6.20 Å². The summed E-state index contributed by atoms with van der Waals surface area (Å²) in [5.41, 5.74) is 3.28. The number of aromatic nitrogens is 1. The monoisotopic (exact) mass is 271 g/mol. The zero-order valence-electron chi connectivity index (χ0n) is 10.2. The number of nitriles is 1. The molecule has 0 aliphatic heterocycles. The van der Waals surface area contributed by atoms with Gasteiger partial charge in [-0.25, -0.2) is 4.39 Å². The zero-order chi connectivity index (χ0) is 14.5. The van der Waals surface area contributed by atoms with E-state index in [-0.39, 0.29) is 16.9 Å². The van der Waals surface area contributed by atoms with E-state index in [1.807, 2.05) is 6.07 Å². The van der Waals surface area contributed by atoms with Crippen molar-refractivity contribution in [2.45, 2.75) is 0 Å². The summed E-state index contributed by atoms with van der Waals surface area (Å²) in [6.45, 7) is 0. The maximum absolute atomic E-state index is 13.0. The lowest BCUT2D eigenvalue weighted by Gasteiger charge is -2.07. The molecule has 0 atom stereocenters. The highest BCUT2D eigenvalue weighted by Gasteiger charge is 2.11. The number of nitrogens with zero attached hydrogens (tertiary/aromatic N) is 2. The molecule has 6 nitrogen and oxygen atoms in total. The maximum atomic E-state index is 13.0. The lowest BCUT2D eigenvalue weighted by Crippen LogP contribution is -2.15. The van der Waals surface area contributed by atoms with E-state index in [1.165, 1.54) is 18.3 Å². The summed E-state index contributed by atoms with van der Waals surface area (Å²) in [6.07, 6.45) is 1.42. The van der Waals surface area contributed by atoms with Crippen LogP contribution in [0.4, 0.5) is 15.8 Å². The second kappa shape index (κ2) is 5.77. The van der Waals surface area contributed by atoms with Gasteiger partial charge in [-0.2, -0.15) is 5.26 Å². The Morgan fingerprint density at radius 2 is 2.15 bits per heavy atom. The number of carbonyl (C=O) groups excluding carboxylic acids is 1. The first-order valence-corrected chi connectivity index (χ1v) is 5.57. The van der Waals surface area contributed by atoms with Gasteiger partial charge in [-0.3, -0.25) is 15.6 Å². The smallest absolute Gasteiger partial charge is 0.274 e. The molecule has 2 aromatic rings. The van der Waals surface area contributed by atoms with E-state index in [0.29, 0.717) is 5.69 Å². The Labute approximate surface area is 114 Å². The standard InChI is InChI=1S/C13H10FN5O/c14-9-1-2-11(8(5-9)7-15)18-13(20)12-6-10(19-16)3-4-17-12/h1-6H,16H2,(H,17,19)(H,18,20). The van der Waals surface area contributed by atoms with E-state index in [4.69, 9.17) is 11.1 Å². The SMILES string of the molecule is N#Cc1cc(F)ccc1NC(=O)c1cc(NN)ccn1. The van der Waals surface area contributed by atoms with Gasteiger partial charge in [-0.1, -0.05) is 0 Å². The second-order valence-electron chi connectivity index (χ2n) is 3.83. The highest BCUT2D eigenvalue weighted by atomic mass is 19.1. The molecule has 4 N–H and O–H groups in total. The lowest BCUT2D eigenvalue weighted by atomic mass is 10.2. The van der Waals surface area contributed by atoms with Gasteiger partial charge >= 0.3 is 0 Å². The number of benzene rings is 1. The highest BCUT2D eigenvalue weighted by molar-refractivity contribution is 6.04. The van der Waals surface area contributed by atoms with Crippen molar-refractivity contribution in [1.29, 1.82) is 5.26 Å². The third-order valence-electron chi connectivity index (χ3n) is 2.51. The number of carbonyl (C=O) groups is 1. The molecular weight excluding hydrogens is 261 g/mol. The van der Waals surface area contributed by atoms with Gasteiger partial charge in [0.2, 0.25) is 0 Å². The van der Waals surface area contributed by atoms with Crippen molar-refractivity contribution in [1.82, 2.24) is 4.98 Å². The summed E-state index contributed by atoms with van der Waals surface area (Å²) in [5, 5.41) is 11.4. The number of nitrogens with one attached hydrogen (secondary N) is 2. The van der Waals surface area contributed by atoms with Crippen molar-refractivity contribution >= 4 is 17.3 Å². The molecule has 20 heavy (non-hydrogen) atoms. The number of amides is 1. The van der Waals surface area contributed by atoms with E-state index in [1.54, 1.807) is 6.07 Å². The zero-order valence-corrected chi connectivity index (χ0v) is 10.2. The van der Waals surface area contributed by atoms with Crippen molar-refractivity contribution in [3.8, 4) is 6.07 Å². The lowest BCUT2D eigenvalue weighted by molar-refractivity contribution is 0.102. The topological polar surface area (TPSA) is 104 Å². The summed E-state index contributed by atoms with van der Waals surface area (Å²) >= 11 is 0. The van der Waals surface area contributed by atoms with Crippen LogP contribution < -0.4 is 16.6 Å². The van der Waals surface area contributed by atoms with Gasteiger partial charge in [0.25, 0.3) is 5.91 Å². The van der Waals surface area contributed by atoms with Crippen LogP contribution >= 0.6 is 0 Å². The number of hydrazine groups is 1. The highest BCUT2D eigenvalue weighted by Crippen LogP contribution is 2.17. The van der Waals surface area contributed by atoms with Crippen molar-refractivity contribution in [3.63, 3.8) is 0 Å². The van der Waals surface area contributed by atoms with Crippen molar-refractivity contribution in [2.24, 2.45) is 5.84 Å². The van der Waals surface area contributed by atoms with Crippen LogP contribution in [0, 0.1) is 17.1 Å². The molecule has 100 valence electrons. The maximum Gasteiger partial charge on any atom is 0.274 e. The van der Waals surface area contributed by atoms with E-state index in [2.05, 4.69) is 15.7 Å². The first kappa shape index (κ1) is 13.5. The van der Waals surface area contributed by atoms with Gasteiger partial charge in [-0.05, 0) is 30.3 Å².